The molecule has 0 radical (unpaired) electrons. The molecular weight excluding hydrogens is 432 g/mol. The van der Waals surface area contributed by atoms with Gasteiger partial charge in [-0.1, -0.05) is 5.16 Å². The van der Waals surface area contributed by atoms with E-state index in [2.05, 4.69) is 25.7 Å². The third-order valence-electron chi connectivity index (χ3n) is 6.37. The standard InChI is InChI=1S/C23H23F2N5O3/c1-13-3-4-15(9-26-13)20-17(14(2)33-30-20)10-32-19-6-5-18(28-29-19)21(31)27-16-7-22(8-16)11-23(24,25)12-22/h3-6,9,16H,7-8,10-12H2,1-2H3,(H,27,31). The van der Waals surface area contributed by atoms with Gasteiger partial charge in [0.1, 0.15) is 18.1 Å². The maximum absolute atomic E-state index is 13.1. The molecule has 0 unspecified atom stereocenters. The van der Waals surface area contributed by atoms with E-state index < -0.39 is 5.92 Å². The minimum Gasteiger partial charge on any atom is -0.472 e. The number of hydrogen-bond acceptors (Lipinski definition) is 7. The fourth-order valence-corrected chi connectivity index (χ4v) is 4.74. The Morgan fingerprint density at radius 3 is 2.61 bits per heavy atom. The Kier molecular flexibility index (Phi) is 5.10. The van der Waals surface area contributed by atoms with Crippen molar-refractivity contribution in [2.45, 2.75) is 58.1 Å². The van der Waals surface area contributed by atoms with E-state index in [0.29, 0.717) is 24.3 Å². The second kappa shape index (κ2) is 7.86. The third kappa shape index (κ3) is 4.29. The zero-order chi connectivity index (χ0) is 23.2. The van der Waals surface area contributed by atoms with Crippen LogP contribution in [-0.4, -0.2) is 38.2 Å². The molecule has 8 nitrogen and oxygen atoms in total. The van der Waals surface area contributed by atoms with Crippen LogP contribution >= 0.6 is 0 Å². The normalized spacial score (nSPS) is 18.4. The number of nitrogens with zero attached hydrogens (tertiary/aromatic N) is 4. The first-order valence-electron chi connectivity index (χ1n) is 10.8. The molecule has 2 saturated carbocycles. The molecule has 0 aliphatic heterocycles. The first-order valence-corrected chi connectivity index (χ1v) is 10.8. The average molecular weight is 455 g/mol. The maximum Gasteiger partial charge on any atom is 0.272 e. The highest BCUT2D eigenvalue weighted by Crippen LogP contribution is 2.62. The lowest BCUT2D eigenvalue weighted by molar-refractivity contribution is -0.197. The second-order valence-corrected chi connectivity index (χ2v) is 9.09. The number of amides is 1. The quantitative estimate of drug-likeness (QED) is 0.599. The summed E-state index contributed by atoms with van der Waals surface area (Å²) in [5.41, 5.74) is 2.99. The molecule has 3 aromatic heterocycles. The summed E-state index contributed by atoms with van der Waals surface area (Å²) in [6.45, 7) is 3.86. The van der Waals surface area contributed by atoms with E-state index in [1.165, 1.54) is 6.07 Å². The summed E-state index contributed by atoms with van der Waals surface area (Å²) in [6.07, 6.45) is 2.74. The van der Waals surface area contributed by atoms with Crippen molar-refractivity contribution in [3.63, 3.8) is 0 Å². The Morgan fingerprint density at radius 2 is 1.97 bits per heavy atom. The number of carbonyl (C=O) groups is 1. The van der Waals surface area contributed by atoms with Gasteiger partial charge in [0.25, 0.3) is 5.91 Å². The van der Waals surface area contributed by atoms with Crippen LogP contribution < -0.4 is 10.1 Å². The number of hydrogen-bond donors (Lipinski definition) is 1. The molecule has 0 saturated heterocycles. The topological polar surface area (TPSA) is 103 Å². The highest BCUT2D eigenvalue weighted by molar-refractivity contribution is 5.92. The number of nitrogens with one attached hydrogen (secondary N) is 1. The number of aryl methyl sites for hydroxylation is 2. The van der Waals surface area contributed by atoms with Crippen molar-refractivity contribution in [2.24, 2.45) is 5.41 Å². The Hall–Kier alpha value is -3.43. The fourth-order valence-electron chi connectivity index (χ4n) is 4.74. The first-order chi connectivity index (χ1) is 15.7. The smallest absolute Gasteiger partial charge is 0.272 e. The van der Waals surface area contributed by atoms with Crippen LogP contribution in [-0.2, 0) is 6.61 Å². The number of halogens is 2. The number of carbonyl (C=O) groups excluding carboxylic acids is 1. The van der Waals surface area contributed by atoms with Gasteiger partial charge in [0, 0.05) is 42.4 Å². The minimum atomic E-state index is -2.54. The zero-order valence-electron chi connectivity index (χ0n) is 18.3. The molecule has 1 spiro atoms. The summed E-state index contributed by atoms with van der Waals surface area (Å²) >= 11 is 0. The molecule has 2 aliphatic carbocycles. The third-order valence-corrected chi connectivity index (χ3v) is 6.37. The van der Waals surface area contributed by atoms with Crippen LogP contribution in [0.1, 0.15) is 53.2 Å². The lowest BCUT2D eigenvalue weighted by atomic mass is 9.52. The number of aromatic nitrogens is 4. The first kappa shape index (κ1) is 21.4. The molecule has 3 aromatic rings. The molecule has 2 fully saturated rings. The van der Waals surface area contributed by atoms with Gasteiger partial charge in [0.05, 0.1) is 5.56 Å². The SMILES string of the molecule is Cc1ccc(-c2noc(C)c2COc2ccc(C(=O)NC3CC4(C3)CC(F)(F)C4)nn2)cn1. The van der Waals surface area contributed by atoms with E-state index in [-0.39, 0.29) is 48.4 Å². The molecule has 3 heterocycles. The van der Waals surface area contributed by atoms with Crippen molar-refractivity contribution >= 4 is 5.91 Å². The molecule has 10 heteroatoms. The van der Waals surface area contributed by atoms with Crippen molar-refractivity contribution in [1.29, 1.82) is 0 Å². The lowest BCUT2D eigenvalue weighted by Crippen LogP contribution is -2.59. The van der Waals surface area contributed by atoms with Crippen LogP contribution in [0.4, 0.5) is 8.78 Å². The number of rotatable bonds is 6. The molecule has 0 bridgehead atoms. The second-order valence-electron chi connectivity index (χ2n) is 9.09. The molecule has 0 atom stereocenters. The summed E-state index contributed by atoms with van der Waals surface area (Å²) in [5, 5.41) is 14.9. The van der Waals surface area contributed by atoms with Crippen molar-refractivity contribution in [1.82, 2.24) is 25.7 Å². The number of ether oxygens (including phenoxy) is 1. The average Bonchev–Trinajstić information content (AvgIpc) is 3.11. The van der Waals surface area contributed by atoms with Gasteiger partial charge in [0.2, 0.25) is 11.8 Å². The van der Waals surface area contributed by atoms with Gasteiger partial charge >= 0.3 is 0 Å². The van der Waals surface area contributed by atoms with Gasteiger partial charge in [-0.25, -0.2) is 8.78 Å². The van der Waals surface area contributed by atoms with E-state index in [9.17, 15) is 13.6 Å². The van der Waals surface area contributed by atoms with Crippen molar-refractivity contribution in [3.05, 3.63) is 53.2 Å². The molecule has 1 N–H and O–H groups in total. The Labute approximate surface area is 188 Å². The maximum atomic E-state index is 13.1. The van der Waals surface area contributed by atoms with Gasteiger partial charge in [0.15, 0.2) is 5.69 Å². The van der Waals surface area contributed by atoms with Gasteiger partial charge in [-0.2, -0.15) is 0 Å². The molecule has 5 rings (SSSR count). The molecule has 1 amide bonds. The minimum absolute atomic E-state index is 0.0774. The summed E-state index contributed by atoms with van der Waals surface area (Å²) in [5.74, 6) is -2.04. The number of alkyl halides is 2. The summed E-state index contributed by atoms with van der Waals surface area (Å²) in [6, 6.07) is 6.79. The fraction of sp³-hybridized carbons (Fsp3) is 0.435. The van der Waals surface area contributed by atoms with Gasteiger partial charge < -0.3 is 14.6 Å². The molecule has 172 valence electrons. The Morgan fingerprint density at radius 1 is 1.18 bits per heavy atom. The van der Waals surface area contributed by atoms with E-state index in [4.69, 9.17) is 9.26 Å². The van der Waals surface area contributed by atoms with E-state index in [1.807, 2.05) is 19.1 Å². The zero-order valence-corrected chi connectivity index (χ0v) is 18.3. The van der Waals surface area contributed by atoms with Crippen LogP contribution in [0.3, 0.4) is 0 Å². The number of pyridine rings is 1. The molecule has 33 heavy (non-hydrogen) atoms. The largest absolute Gasteiger partial charge is 0.472 e. The predicted molar refractivity (Wildman–Crippen MR) is 113 cm³/mol. The van der Waals surface area contributed by atoms with E-state index in [1.54, 1.807) is 19.2 Å². The monoisotopic (exact) mass is 455 g/mol. The van der Waals surface area contributed by atoms with Gasteiger partial charge in [-0.05, 0) is 50.3 Å². The van der Waals surface area contributed by atoms with Crippen LogP contribution in [0.2, 0.25) is 0 Å². The summed E-state index contributed by atoms with van der Waals surface area (Å²) in [7, 11) is 0. The Bertz CT molecular complexity index is 1160. The Balaban J connectivity index is 1.16. The highest BCUT2D eigenvalue weighted by Gasteiger charge is 2.61. The van der Waals surface area contributed by atoms with Crippen LogP contribution in [0, 0.1) is 19.3 Å². The van der Waals surface area contributed by atoms with Gasteiger partial charge in [-0.15, -0.1) is 10.2 Å². The summed E-state index contributed by atoms with van der Waals surface area (Å²) < 4.78 is 37.3. The van der Waals surface area contributed by atoms with Crippen LogP contribution in [0.25, 0.3) is 11.3 Å². The predicted octanol–water partition coefficient (Wildman–Crippen LogP) is 4.03. The van der Waals surface area contributed by atoms with Crippen molar-refractivity contribution in [2.75, 3.05) is 0 Å². The van der Waals surface area contributed by atoms with E-state index in [0.717, 1.165) is 16.8 Å². The van der Waals surface area contributed by atoms with Crippen molar-refractivity contribution < 1.29 is 22.8 Å². The van der Waals surface area contributed by atoms with Crippen LogP contribution in [0.15, 0.2) is 35.0 Å². The lowest BCUT2D eigenvalue weighted by Gasteiger charge is -2.57. The molecule has 0 aromatic carbocycles. The van der Waals surface area contributed by atoms with Gasteiger partial charge in [-0.3, -0.25) is 9.78 Å². The molecular formula is C23H23F2N5O3. The molecule has 2 aliphatic rings. The summed E-state index contributed by atoms with van der Waals surface area (Å²) in [4.78, 5) is 16.7. The van der Waals surface area contributed by atoms with Crippen LogP contribution in [0.5, 0.6) is 5.88 Å². The van der Waals surface area contributed by atoms with E-state index >= 15 is 0 Å². The highest BCUT2D eigenvalue weighted by atomic mass is 19.3. The van der Waals surface area contributed by atoms with Crippen molar-refractivity contribution in [3.8, 4) is 17.1 Å².